The zero-order chi connectivity index (χ0) is 9.10. The van der Waals surface area contributed by atoms with Crippen LogP contribution in [0, 0.1) is 0 Å². The summed E-state index contributed by atoms with van der Waals surface area (Å²) in [5.74, 6) is 0. The summed E-state index contributed by atoms with van der Waals surface area (Å²) in [5, 5.41) is 7.10. The van der Waals surface area contributed by atoms with Gasteiger partial charge in [0.15, 0.2) is 0 Å². The van der Waals surface area contributed by atoms with Crippen molar-refractivity contribution in [3.63, 3.8) is 0 Å². The van der Waals surface area contributed by atoms with Crippen LogP contribution in [-0.4, -0.2) is 37.9 Å². The molecule has 13 heavy (non-hydrogen) atoms. The van der Waals surface area contributed by atoms with Gasteiger partial charge in [0.05, 0.1) is 19.3 Å². The quantitative estimate of drug-likeness (QED) is 0.668. The van der Waals surface area contributed by atoms with Crippen molar-refractivity contribution in [2.75, 3.05) is 19.8 Å². The minimum absolute atomic E-state index is 0.622. The van der Waals surface area contributed by atoms with Crippen LogP contribution in [0.3, 0.4) is 0 Å². The molecule has 3 nitrogen and oxygen atoms in total. The molecule has 2 aliphatic heterocycles. The zero-order valence-electron chi connectivity index (χ0n) is 8.38. The average Bonchev–Trinajstić information content (AvgIpc) is 2.49. The highest BCUT2D eigenvalue weighted by atomic mass is 16.5. The molecule has 2 saturated heterocycles. The molecule has 2 atom stereocenters. The van der Waals surface area contributed by atoms with E-state index in [-0.39, 0.29) is 0 Å². The van der Waals surface area contributed by atoms with Gasteiger partial charge in [-0.05, 0) is 32.7 Å². The molecule has 2 N–H and O–H groups in total. The van der Waals surface area contributed by atoms with Crippen molar-refractivity contribution in [2.24, 2.45) is 0 Å². The maximum atomic E-state index is 5.13. The largest absolute Gasteiger partial charge is 0.378 e. The van der Waals surface area contributed by atoms with Crippen LogP contribution in [-0.2, 0) is 4.74 Å². The summed E-state index contributed by atoms with van der Waals surface area (Å²) >= 11 is 0. The van der Waals surface area contributed by atoms with E-state index < -0.39 is 0 Å². The van der Waals surface area contributed by atoms with Crippen LogP contribution < -0.4 is 10.6 Å². The Morgan fingerprint density at radius 2 is 2.38 bits per heavy atom. The maximum Gasteiger partial charge on any atom is 0.0643 e. The van der Waals surface area contributed by atoms with Crippen LogP contribution in [0.4, 0.5) is 0 Å². The second kappa shape index (κ2) is 4.40. The Morgan fingerprint density at radius 1 is 1.54 bits per heavy atom. The molecule has 2 aliphatic rings. The fourth-order valence-electron chi connectivity index (χ4n) is 2.19. The molecule has 76 valence electrons. The molecular formula is C10H20N2O. The van der Waals surface area contributed by atoms with Crippen molar-refractivity contribution >= 4 is 0 Å². The molecule has 0 saturated carbocycles. The van der Waals surface area contributed by atoms with Crippen LogP contribution in [0.25, 0.3) is 0 Å². The van der Waals surface area contributed by atoms with Gasteiger partial charge in [0, 0.05) is 12.1 Å². The summed E-state index contributed by atoms with van der Waals surface area (Å²) in [6.45, 7) is 5.30. The monoisotopic (exact) mass is 184 g/mol. The topological polar surface area (TPSA) is 33.3 Å². The van der Waals surface area contributed by atoms with Gasteiger partial charge in [-0.2, -0.15) is 0 Å². The van der Waals surface area contributed by atoms with E-state index in [1.54, 1.807) is 0 Å². The van der Waals surface area contributed by atoms with Crippen molar-refractivity contribution < 1.29 is 4.74 Å². The van der Waals surface area contributed by atoms with E-state index in [4.69, 9.17) is 4.74 Å². The molecule has 2 rings (SSSR count). The van der Waals surface area contributed by atoms with E-state index >= 15 is 0 Å². The van der Waals surface area contributed by atoms with Crippen molar-refractivity contribution in [3.05, 3.63) is 0 Å². The summed E-state index contributed by atoms with van der Waals surface area (Å²) in [6, 6.07) is 2.00. The van der Waals surface area contributed by atoms with E-state index in [9.17, 15) is 0 Å². The van der Waals surface area contributed by atoms with Crippen LogP contribution >= 0.6 is 0 Å². The van der Waals surface area contributed by atoms with Gasteiger partial charge < -0.3 is 15.4 Å². The van der Waals surface area contributed by atoms with E-state index in [1.165, 1.54) is 25.8 Å². The van der Waals surface area contributed by atoms with Crippen molar-refractivity contribution in [2.45, 2.75) is 44.3 Å². The van der Waals surface area contributed by atoms with Crippen LogP contribution in [0.5, 0.6) is 0 Å². The Kier molecular flexibility index (Phi) is 3.19. The standard InChI is InChI=1S/C10H20N2O/c1-8(12-10-6-13-7-10)5-9-3-2-4-11-9/h8-12H,2-7H2,1H3. The minimum atomic E-state index is 0.622. The predicted molar refractivity (Wildman–Crippen MR) is 52.8 cm³/mol. The van der Waals surface area contributed by atoms with Crippen LogP contribution in [0.1, 0.15) is 26.2 Å². The Bertz CT molecular complexity index is 153. The number of hydrogen-bond donors (Lipinski definition) is 2. The van der Waals surface area contributed by atoms with Crippen LogP contribution in [0.2, 0.25) is 0 Å². The third-order valence-corrected chi connectivity index (χ3v) is 2.96. The maximum absolute atomic E-state index is 5.13. The van der Waals surface area contributed by atoms with Gasteiger partial charge in [-0.25, -0.2) is 0 Å². The van der Waals surface area contributed by atoms with Crippen LogP contribution in [0.15, 0.2) is 0 Å². The molecule has 3 heteroatoms. The van der Waals surface area contributed by atoms with E-state index in [0.29, 0.717) is 12.1 Å². The summed E-state index contributed by atoms with van der Waals surface area (Å²) in [4.78, 5) is 0. The lowest BCUT2D eigenvalue weighted by atomic mass is 10.1. The molecule has 0 aliphatic carbocycles. The molecule has 0 bridgehead atoms. The molecule has 0 radical (unpaired) electrons. The first-order valence-corrected chi connectivity index (χ1v) is 5.42. The second-order valence-corrected chi connectivity index (χ2v) is 4.33. The smallest absolute Gasteiger partial charge is 0.0643 e. The lowest BCUT2D eigenvalue weighted by Crippen LogP contribution is -2.50. The Hall–Kier alpha value is -0.120. The molecule has 0 aromatic carbocycles. The molecule has 2 heterocycles. The van der Waals surface area contributed by atoms with E-state index in [2.05, 4.69) is 17.6 Å². The summed E-state index contributed by atoms with van der Waals surface area (Å²) < 4.78 is 5.13. The van der Waals surface area contributed by atoms with Gasteiger partial charge in [-0.3, -0.25) is 0 Å². The fourth-order valence-corrected chi connectivity index (χ4v) is 2.19. The first kappa shape index (κ1) is 9.44. The van der Waals surface area contributed by atoms with Gasteiger partial charge >= 0.3 is 0 Å². The second-order valence-electron chi connectivity index (χ2n) is 4.33. The SMILES string of the molecule is CC(CC1CCCN1)NC1COC1. The number of hydrogen-bond acceptors (Lipinski definition) is 3. The van der Waals surface area contributed by atoms with Gasteiger partial charge in [-0.15, -0.1) is 0 Å². The van der Waals surface area contributed by atoms with Crippen molar-refractivity contribution in [1.82, 2.24) is 10.6 Å². The first-order chi connectivity index (χ1) is 6.34. The molecule has 0 aromatic heterocycles. The molecular weight excluding hydrogens is 164 g/mol. The number of ether oxygens (including phenoxy) is 1. The Morgan fingerprint density at radius 3 is 2.92 bits per heavy atom. The Balaban J connectivity index is 1.61. The average molecular weight is 184 g/mol. The molecule has 2 fully saturated rings. The first-order valence-electron chi connectivity index (χ1n) is 5.42. The van der Waals surface area contributed by atoms with Crippen molar-refractivity contribution in [1.29, 1.82) is 0 Å². The number of nitrogens with one attached hydrogen (secondary N) is 2. The summed E-state index contributed by atoms with van der Waals surface area (Å²) in [7, 11) is 0. The predicted octanol–water partition coefficient (Wildman–Crippen LogP) is 0.505. The molecule has 2 unspecified atom stereocenters. The fraction of sp³-hybridized carbons (Fsp3) is 1.00. The van der Waals surface area contributed by atoms with Gasteiger partial charge in [-0.1, -0.05) is 0 Å². The van der Waals surface area contributed by atoms with Gasteiger partial charge in [0.2, 0.25) is 0 Å². The lowest BCUT2D eigenvalue weighted by molar-refractivity contribution is -0.00983. The summed E-state index contributed by atoms with van der Waals surface area (Å²) in [5.41, 5.74) is 0. The highest BCUT2D eigenvalue weighted by Crippen LogP contribution is 2.12. The molecule has 0 aromatic rings. The third-order valence-electron chi connectivity index (χ3n) is 2.96. The summed E-state index contributed by atoms with van der Waals surface area (Å²) in [6.07, 6.45) is 3.97. The normalized spacial score (nSPS) is 31.6. The third kappa shape index (κ3) is 2.66. The van der Waals surface area contributed by atoms with Gasteiger partial charge in [0.1, 0.15) is 0 Å². The van der Waals surface area contributed by atoms with Crippen molar-refractivity contribution in [3.8, 4) is 0 Å². The lowest BCUT2D eigenvalue weighted by Gasteiger charge is -2.31. The highest BCUT2D eigenvalue weighted by molar-refractivity contribution is 4.82. The Labute approximate surface area is 80.2 Å². The number of rotatable bonds is 4. The molecule has 0 amide bonds. The zero-order valence-corrected chi connectivity index (χ0v) is 8.38. The van der Waals surface area contributed by atoms with E-state index in [1.807, 2.05) is 0 Å². The van der Waals surface area contributed by atoms with Gasteiger partial charge in [0.25, 0.3) is 0 Å². The molecule has 0 spiro atoms. The van der Waals surface area contributed by atoms with E-state index in [0.717, 1.165) is 19.3 Å². The highest BCUT2D eigenvalue weighted by Gasteiger charge is 2.22. The minimum Gasteiger partial charge on any atom is -0.378 e.